The number of unbranched alkanes of at least 4 members (excludes halogenated alkanes) is 9. The number of amides is 3. The summed E-state index contributed by atoms with van der Waals surface area (Å²) in [6.07, 6.45) is 37.6. The number of aliphatic hydroxyl groups excluding tert-OH is 4. The molecule has 10 N–H and O–H groups in total. The van der Waals surface area contributed by atoms with Crippen LogP contribution in [-0.4, -0.2) is 154 Å². The zero-order valence-electron chi connectivity index (χ0n) is 77.6. The molecular weight excluding hydrogens is 1520 g/mol. The summed E-state index contributed by atoms with van der Waals surface area (Å²) in [7, 11) is 0. The fourth-order valence-corrected chi connectivity index (χ4v) is 33.5. The third kappa shape index (κ3) is 19.4. The molecule has 19 nitrogen and oxygen atoms in total. The van der Waals surface area contributed by atoms with Gasteiger partial charge in [0.05, 0.1) is 42.7 Å². The smallest absolute Gasteiger partial charge is 0.303 e. The summed E-state index contributed by atoms with van der Waals surface area (Å²) in [4.78, 5) is 78.9. The number of carboxylic acid groups (broad SMARTS) is 3. The van der Waals surface area contributed by atoms with Crippen LogP contribution in [0.5, 0.6) is 0 Å². The van der Waals surface area contributed by atoms with Gasteiger partial charge in [-0.2, -0.15) is 0 Å². The second kappa shape index (κ2) is 39.1. The Bertz CT molecular complexity index is 3350. The molecule has 0 aromatic carbocycles. The normalized spacial score (nSPS) is 44.7. The van der Waals surface area contributed by atoms with E-state index in [9.17, 15) is 64.5 Å². The first-order valence-electron chi connectivity index (χ1n) is 50.4. The summed E-state index contributed by atoms with van der Waals surface area (Å²) in [6, 6.07) is 0. The minimum absolute atomic E-state index is 0.0255. The molecule has 0 aromatic rings. The van der Waals surface area contributed by atoms with E-state index in [1.165, 1.54) is 51.4 Å². The molecule has 121 heavy (non-hydrogen) atoms. The monoisotopic (exact) mass is 1690 g/mol. The molecule has 13 fully saturated rings. The van der Waals surface area contributed by atoms with Crippen molar-refractivity contribution >= 4 is 35.6 Å². The van der Waals surface area contributed by atoms with Gasteiger partial charge in [0.1, 0.15) is 0 Å². The third-order valence-corrected chi connectivity index (χ3v) is 39.9. The van der Waals surface area contributed by atoms with Crippen molar-refractivity contribution in [3.8, 4) is 0 Å². The van der Waals surface area contributed by atoms with E-state index in [1.807, 2.05) is 20.8 Å². The van der Waals surface area contributed by atoms with Crippen LogP contribution in [0.1, 0.15) is 366 Å². The van der Waals surface area contributed by atoms with Crippen molar-refractivity contribution in [1.82, 2.24) is 16.0 Å². The largest absolute Gasteiger partial charge is 0.481 e. The van der Waals surface area contributed by atoms with Crippen molar-refractivity contribution in [2.75, 3.05) is 39.5 Å². The quantitative estimate of drug-likeness (QED) is 0.0256. The van der Waals surface area contributed by atoms with Crippen molar-refractivity contribution in [1.29, 1.82) is 0 Å². The second-order valence-corrected chi connectivity index (χ2v) is 46.8. The van der Waals surface area contributed by atoms with Gasteiger partial charge >= 0.3 is 17.9 Å². The molecular formula is C102H171N3O16. The lowest BCUT2D eigenvalue weighted by Crippen LogP contribution is -2.62. The van der Waals surface area contributed by atoms with Gasteiger partial charge in [-0.15, -0.1) is 0 Å². The number of ether oxygens (including phenoxy) is 3. The molecule has 0 bridgehead atoms. The fraction of sp³-hybridized carbons (Fsp3) is 0.941. The van der Waals surface area contributed by atoms with E-state index in [0.29, 0.717) is 124 Å². The highest BCUT2D eigenvalue weighted by molar-refractivity contribution is 5.90. The molecule has 19 heteroatoms. The van der Waals surface area contributed by atoms with E-state index in [4.69, 9.17) is 14.2 Å². The predicted octanol–water partition coefficient (Wildman–Crippen LogP) is 18.7. The first kappa shape index (κ1) is 95.1. The predicted molar refractivity (Wildman–Crippen MR) is 471 cm³/mol. The van der Waals surface area contributed by atoms with Crippen LogP contribution in [0, 0.1) is 155 Å². The van der Waals surface area contributed by atoms with Crippen LogP contribution in [0.25, 0.3) is 0 Å². The van der Waals surface area contributed by atoms with Gasteiger partial charge in [-0.1, -0.05) is 122 Å². The van der Waals surface area contributed by atoms with E-state index in [1.54, 1.807) is 0 Å². The lowest BCUT2D eigenvalue weighted by Gasteiger charge is -2.63. The van der Waals surface area contributed by atoms with E-state index in [-0.39, 0.29) is 130 Å². The number of fused-ring (bicyclic) bond motifs is 15. The second-order valence-electron chi connectivity index (χ2n) is 46.8. The van der Waals surface area contributed by atoms with Gasteiger partial charge in [-0.05, 0) is 364 Å². The summed E-state index contributed by atoms with van der Waals surface area (Å²) in [5, 5.41) is 86.7. The first-order chi connectivity index (χ1) is 57.4. The Labute approximate surface area is 729 Å². The SMILES string of the molecule is C[C@H](CCC(=O)O)[C@H]1CC[C@H]2[C@@H]3CC[C@@H]4C[C@@H](OCCCCCCNC(=O)C5(C)CC(C)(C(=O)NCCCCCCO[C@H]6CC[C@@]7(C)[C@@H](C6)C[C@@H](O)[C@@H]6[C@@H]7C[C@H](O)[C@]7(C)[C@@H]([C@H](C)CCC(=O)O)CC[C@@H]67)CC(C)(C(=O)NCCCCCCO[C@H]6CC[C@@]7(C)[C@@H](C6)C[C@@H](O)[C@@H]6[C@@H]7C[C@H](O)[C@]7(C)[C@@H]([C@H](C)CCC(=O)O)CC[C@@H]67)C5)CC[C@]4(C)[C@H]3CC[C@]12C. The Morgan fingerprint density at radius 1 is 0.339 bits per heavy atom. The number of aliphatic carboxylic acids is 3. The molecule has 13 aliphatic rings. The molecule has 0 aromatic heterocycles. The number of aliphatic hydroxyl groups is 4. The molecule has 0 saturated heterocycles. The van der Waals surface area contributed by atoms with Crippen LogP contribution in [0.3, 0.4) is 0 Å². The molecule has 33 atom stereocenters. The van der Waals surface area contributed by atoms with E-state index in [0.717, 1.165) is 191 Å². The summed E-state index contributed by atoms with van der Waals surface area (Å²) < 4.78 is 20.0. The van der Waals surface area contributed by atoms with Crippen molar-refractivity contribution in [2.24, 2.45) is 155 Å². The van der Waals surface area contributed by atoms with Gasteiger partial charge in [0.2, 0.25) is 17.7 Å². The average Bonchev–Trinajstić information content (AvgIpc) is 1.61. The van der Waals surface area contributed by atoms with Gasteiger partial charge < -0.3 is 65.9 Å². The number of hydrogen-bond donors (Lipinski definition) is 10. The number of carbonyl (C=O) groups is 6. The van der Waals surface area contributed by atoms with Crippen molar-refractivity contribution in [2.45, 2.75) is 408 Å². The number of hydrogen-bond acceptors (Lipinski definition) is 13. The molecule has 3 amide bonds. The molecule has 13 rings (SSSR count). The van der Waals surface area contributed by atoms with E-state index in [2.05, 4.69) is 78.3 Å². The maximum Gasteiger partial charge on any atom is 0.303 e. The Morgan fingerprint density at radius 2 is 0.661 bits per heavy atom. The number of rotatable bonds is 39. The molecule has 0 heterocycles. The topological polar surface area (TPSA) is 308 Å². The van der Waals surface area contributed by atoms with Gasteiger partial charge in [0.15, 0.2) is 0 Å². The Morgan fingerprint density at radius 3 is 1.04 bits per heavy atom. The molecule has 13 aliphatic carbocycles. The summed E-state index contributed by atoms with van der Waals surface area (Å²) >= 11 is 0. The average molecular weight is 1700 g/mol. The van der Waals surface area contributed by atoms with Gasteiger partial charge in [-0.25, -0.2) is 0 Å². The summed E-state index contributed by atoms with van der Waals surface area (Å²) in [6.45, 7) is 30.8. The third-order valence-electron chi connectivity index (χ3n) is 39.9. The maximum absolute atomic E-state index is 14.8. The highest BCUT2D eigenvalue weighted by Gasteiger charge is 2.69. The van der Waals surface area contributed by atoms with Crippen molar-refractivity contribution < 1.29 is 78.7 Å². The minimum atomic E-state index is -0.975. The molecule has 0 radical (unpaired) electrons. The highest BCUT2D eigenvalue weighted by Crippen LogP contribution is 2.73. The Balaban J connectivity index is 0.543. The highest BCUT2D eigenvalue weighted by atomic mass is 16.5. The van der Waals surface area contributed by atoms with Gasteiger partial charge in [0, 0.05) is 75.0 Å². The zero-order chi connectivity index (χ0) is 87.0. The number of carboxylic acids is 3. The molecule has 0 spiro atoms. The van der Waals surface area contributed by atoms with Gasteiger partial charge in [0.25, 0.3) is 0 Å². The van der Waals surface area contributed by atoms with Crippen LogP contribution < -0.4 is 16.0 Å². The maximum atomic E-state index is 14.8. The van der Waals surface area contributed by atoms with Gasteiger partial charge in [-0.3, -0.25) is 28.8 Å². The van der Waals surface area contributed by atoms with E-state index >= 15 is 0 Å². The lowest BCUT2D eigenvalue weighted by molar-refractivity contribution is -0.209. The standard InChI is InChI=1S/C102H171N3O16/c1-63(25-36-86(110)111)73-30-33-76-72-29-28-66-53-69(39-43-97(66,7)77(72)42-46-100(73,76)10)119-50-22-16-13-19-47-103-91(116)94(4)60-95(5,92(117)104-48-20-14-17-23-51-120-70-40-44-98(8)67(54-70)56-82(106)89-78-34-31-74(64(2)26-37-87(112)113)101(78,11)84(108)58-80(89)98)62-96(6,61-94)93(118)105-49-21-15-18-24-52-121-71-41-45-99(9)68(55-71)57-83(107)90-79-35-32-75(65(3)27-38-88(114)115)102(79,12)85(109)59-81(90)99/h63-85,89-90,106-109H,13-62H2,1-12H3,(H,103,116)(H,104,117)(H,105,118)(H,110,111)(H,112,113)(H,114,115)/t63-,64-,65-,66-,67+,68+,69+,70+,71+,72+,73-,74-,75-,76+,77+,78+,79+,80+,81+,82-,83-,84+,85+,89+,90+,94?,95?,96?,97+,98+,99+,100-,101-,102-/m1/s1. The van der Waals surface area contributed by atoms with Crippen LogP contribution >= 0.6 is 0 Å². The summed E-state index contributed by atoms with van der Waals surface area (Å²) in [5.41, 5.74) is -2.79. The van der Waals surface area contributed by atoms with Crippen LogP contribution in [0.2, 0.25) is 0 Å². The Kier molecular flexibility index (Phi) is 30.7. The van der Waals surface area contributed by atoms with Crippen molar-refractivity contribution in [3.05, 3.63) is 0 Å². The molecule has 2 unspecified atom stereocenters. The number of carbonyl (C=O) groups excluding carboxylic acids is 3. The van der Waals surface area contributed by atoms with Crippen molar-refractivity contribution in [3.63, 3.8) is 0 Å². The minimum Gasteiger partial charge on any atom is -0.481 e. The van der Waals surface area contributed by atoms with E-state index < -0.39 is 58.6 Å². The Hall–Kier alpha value is -3.46. The lowest BCUT2D eigenvalue weighted by atomic mass is 9.43. The molecule has 13 saturated carbocycles. The van der Waals surface area contributed by atoms with Crippen LogP contribution in [0.4, 0.5) is 0 Å². The van der Waals surface area contributed by atoms with Crippen LogP contribution in [0.15, 0.2) is 0 Å². The summed E-state index contributed by atoms with van der Waals surface area (Å²) in [5.74, 6) is 4.47. The first-order valence-corrected chi connectivity index (χ1v) is 50.4. The fourth-order valence-electron chi connectivity index (χ4n) is 33.5. The van der Waals surface area contributed by atoms with Crippen LogP contribution in [-0.2, 0) is 43.0 Å². The zero-order valence-corrected chi connectivity index (χ0v) is 77.6. The molecule has 0 aliphatic heterocycles. The number of nitrogens with one attached hydrogen (secondary N) is 3. The molecule has 690 valence electrons.